The molecule has 1 aromatic rings. The third-order valence-electron chi connectivity index (χ3n) is 1.80. The third kappa shape index (κ3) is 3.68. The highest BCUT2D eigenvalue weighted by Gasteiger charge is 2.15. The fourth-order valence-corrected chi connectivity index (χ4v) is 3.07. The van der Waals surface area contributed by atoms with E-state index in [-0.39, 0.29) is 23.1 Å². The Kier molecular flexibility index (Phi) is 4.21. The zero-order valence-electron chi connectivity index (χ0n) is 9.07. The average Bonchev–Trinajstić information content (AvgIpc) is 2.10. The summed E-state index contributed by atoms with van der Waals surface area (Å²) in [5, 5.41) is 9.62. The molecule has 4 nitrogen and oxygen atoms in total. The Morgan fingerprint density at radius 3 is 2.62 bits per heavy atom. The molecule has 0 fully saturated rings. The van der Waals surface area contributed by atoms with E-state index in [1.807, 2.05) is 13.8 Å². The first-order valence-corrected chi connectivity index (χ1v) is 7.24. The predicted octanol–water partition coefficient (Wildman–Crippen LogP) is 2.55. The van der Waals surface area contributed by atoms with Crippen molar-refractivity contribution in [1.29, 1.82) is 0 Å². The minimum Gasteiger partial charge on any atom is -0.505 e. The summed E-state index contributed by atoms with van der Waals surface area (Å²) in [7, 11) is -3.40. The van der Waals surface area contributed by atoms with Crippen LogP contribution in [0.4, 0.5) is 5.69 Å². The molecule has 0 spiro atoms. The molecule has 0 amide bonds. The number of para-hydroxylation sites is 1. The zero-order chi connectivity index (χ0) is 12.3. The maximum Gasteiger partial charge on any atom is 0.233 e. The molecule has 0 saturated heterocycles. The van der Waals surface area contributed by atoms with E-state index in [4.69, 9.17) is 0 Å². The van der Waals surface area contributed by atoms with E-state index in [1.165, 1.54) is 6.07 Å². The second kappa shape index (κ2) is 5.05. The van der Waals surface area contributed by atoms with Crippen LogP contribution in [0.1, 0.15) is 13.8 Å². The second-order valence-electron chi connectivity index (χ2n) is 3.91. The number of halogens is 1. The highest BCUT2D eigenvalue weighted by Crippen LogP contribution is 2.32. The molecule has 0 aliphatic rings. The number of phenolic OH excluding ortho intramolecular Hbond substituents is 1. The largest absolute Gasteiger partial charge is 0.505 e. The summed E-state index contributed by atoms with van der Waals surface area (Å²) in [6.07, 6.45) is 0. The smallest absolute Gasteiger partial charge is 0.233 e. The minimum absolute atomic E-state index is 0.0267. The number of aromatic hydroxyl groups is 1. The van der Waals surface area contributed by atoms with E-state index >= 15 is 0 Å². The lowest BCUT2D eigenvalue weighted by Gasteiger charge is -2.11. The zero-order valence-corrected chi connectivity index (χ0v) is 11.5. The van der Waals surface area contributed by atoms with E-state index in [1.54, 1.807) is 12.1 Å². The summed E-state index contributed by atoms with van der Waals surface area (Å²) in [4.78, 5) is 0. The van der Waals surface area contributed by atoms with Crippen molar-refractivity contribution in [2.45, 2.75) is 13.8 Å². The maximum atomic E-state index is 11.6. The van der Waals surface area contributed by atoms with Gasteiger partial charge < -0.3 is 5.11 Å². The Bertz CT molecular complexity index is 471. The van der Waals surface area contributed by atoms with Crippen molar-refractivity contribution >= 4 is 31.6 Å². The normalized spacial score (nSPS) is 11.8. The third-order valence-corrected chi connectivity index (χ3v) is 4.08. The standard InChI is InChI=1S/C10H14BrNO3S/c1-7(2)6-16(14,15)12-9-5-3-4-8(11)10(9)13/h3-5,7,12-13H,6H2,1-2H3. The number of anilines is 1. The van der Waals surface area contributed by atoms with Gasteiger partial charge in [0.25, 0.3) is 0 Å². The molecule has 0 bridgehead atoms. The van der Waals surface area contributed by atoms with Crippen LogP contribution in [0.15, 0.2) is 22.7 Å². The van der Waals surface area contributed by atoms with Crippen LogP contribution in [0.2, 0.25) is 0 Å². The van der Waals surface area contributed by atoms with Crippen LogP contribution in [0.25, 0.3) is 0 Å². The van der Waals surface area contributed by atoms with Gasteiger partial charge in [-0.15, -0.1) is 0 Å². The number of sulfonamides is 1. The van der Waals surface area contributed by atoms with Crippen LogP contribution >= 0.6 is 15.9 Å². The van der Waals surface area contributed by atoms with Gasteiger partial charge in [-0.1, -0.05) is 19.9 Å². The number of rotatable bonds is 4. The number of benzene rings is 1. The van der Waals surface area contributed by atoms with Gasteiger partial charge in [-0.25, -0.2) is 8.42 Å². The molecule has 0 unspecified atom stereocenters. The average molecular weight is 308 g/mol. The Labute approximate surface area is 104 Å². The fourth-order valence-electron chi connectivity index (χ4n) is 1.25. The molecule has 2 N–H and O–H groups in total. The molecule has 0 radical (unpaired) electrons. The summed E-state index contributed by atoms with van der Waals surface area (Å²) >= 11 is 3.12. The van der Waals surface area contributed by atoms with Crippen molar-refractivity contribution in [3.8, 4) is 5.75 Å². The Balaban J connectivity index is 2.93. The first-order chi connectivity index (χ1) is 7.32. The summed E-state index contributed by atoms with van der Waals surface area (Å²) in [5.41, 5.74) is 0.190. The van der Waals surface area contributed by atoms with Crippen LogP contribution in [-0.2, 0) is 10.0 Å². The highest BCUT2D eigenvalue weighted by molar-refractivity contribution is 9.10. The Hall–Kier alpha value is -0.750. The molecule has 90 valence electrons. The van der Waals surface area contributed by atoms with Gasteiger partial charge in [-0.3, -0.25) is 4.72 Å². The summed E-state index contributed by atoms with van der Waals surface area (Å²) in [6, 6.07) is 4.80. The lowest BCUT2D eigenvalue weighted by Crippen LogP contribution is -2.20. The van der Waals surface area contributed by atoms with Crippen molar-refractivity contribution < 1.29 is 13.5 Å². The number of hydrogen-bond donors (Lipinski definition) is 2. The van der Waals surface area contributed by atoms with E-state index in [0.29, 0.717) is 4.47 Å². The van der Waals surface area contributed by atoms with Gasteiger partial charge in [0.2, 0.25) is 10.0 Å². The van der Waals surface area contributed by atoms with Crippen molar-refractivity contribution in [2.75, 3.05) is 10.5 Å². The Morgan fingerprint density at radius 1 is 1.44 bits per heavy atom. The molecule has 0 aromatic heterocycles. The van der Waals surface area contributed by atoms with Gasteiger partial charge in [0, 0.05) is 0 Å². The molecule has 0 saturated carbocycles. The molecule has 1 aromatic carbocycles. The van der Waals surface area contributed by atoms with Gasteiger partial charge in [-0.05, 0) is 34.0 Å². The van der Waals surface area contributed by atoms with E-state index in [9.17, 15) is 13.5 Å². The van der Waals surface area contributed by atoms with Crippen molar-refractivity contribution in [3.05, 3.63) is 22.7 Å². The van der Waals surface area contributed by atoms with Crippen molar-refractivity contribution in [2.24, 2.45) is 5.92 Å². The molecule has 6 heteroatoms. The van der Waals surface area contributed by atoms with Crippen LogP contribution in [0.5, 0.6) is 5.75 Å². The maximum absolute atomic E-state index is 11.6. The quantitative estimate of drug-likeness (QED) is 0.840. The van der Waals surface area contributed by atoms with Gasteiger partial charge in [0.15, 0.2) is 5.75 Å². The van der Waals surface area contributed by atoms with E-state index < -0.39 is 10.0 Å². The minimum atomic E-state index is -3.40. The summed E-state index contributed by atoms with van der Waals surface area (Å²) in [5.74, 6) is -0.0412. The molecular formula is C10H14BrNO3S. The molecule has 0 aliphatic carbocycles. The second-order valence-corrected chi connectivity index (χ2v) is 6.53. The number of phenols is 1. The number of hydrogen-bond acceptors (Lipinski definition) is 3. The van der Waals surface area contributed by atoms with Gasteiger partial charge in [-0.2, -0.15) is 0 Å². The first-order valence-electron chi connectivity index (χ1n) is 4.80. The molecule has 0 aliphatic heterocycles. The SMILES string of the molecule is CC(C)CS(=O)(=O)Nc1cccc(Br)c1O. The summed E-state index contributed by atoms with van der Waals surface area (Å²) < 4.78 is 26.1. The van der Waals surface area contributed by atoms with Crippen molar-refractivity contribution in [3.63, 3.8) is 0 Å². The van der Waals surface area contributed by atoms with Crippen LogP contribution < -0.4 is 4.72 Å². The Morgan fingerprint density at radius 2 is 2.06 bits per heavy atom. The molecule has 0 heterocycles. The van der Waals surface area contributed by atoms with Crippen LogP contribution in [-0.4, -0.2) is 19.3 Å². The van der Waals surface area contributed by atoms with Gasteiger partial charge >= 0.3 is 0 Å². The van der Waals surface area contributed by atoms with Gasteiger partial charge in [0.05, 0.1) is 15.9 Å². The molecule has 0 atom stereocenters. The van der Waals surface area contributed by atoms with E-state index in [0.717, 1.165) is 0 Å². The van der Waals surface area contributed by atoms with Crippen molar-refractivity contribution in [1.82, 2.24) is 0 Å². The van der Waals surface area contributed by atoms with Crippen LogP contribution in [0.3, 0.4) is 0 Å². The van der Waals surface area contributed by atoms with Gasteiger partial charge in [0.1, 0.15) is 0 Å². The topological polar surface area (TPSA) is 66.4 Å². The molecule has 1 rings (SSSR count). The predicted molar refractivity (Wildman–Crippen MR) is 68.1 cm³/mol. The molecular weight excluding hydrogens is 294 g/mol. The lowest BCUT2D eigenvalue weighted by molar-refractivity contribution is 0.474. The first kappa shape index (κ1) is 13.3. The summed E-state index contributed by atoms with van der Waals surface area (Å²) in [6.45, 7) is 3.64. The van der Waals surface area contributed by atoms with Crippen LogP contribution in [0, 0.1) is 5.92 Å². The molecule has 16 heavy (non-hydrogen) atoms. The van der Waals surface area contributed by atoms with E-state index in [2.05, 4.69) is 20.7 Å². The number of nitrogens with one attached hydrogen (secondary N) is 1. The lowest BCUT2D eigenvalue weighted by atomic mass is 10.3. The highest BCUT2D eigenvalue weighted by atomic mass is 79.9. The monoisotopic (exact) mass is 307 g/mol. The fraction of sp³-hybridized carbons (Fsp3) is 0.400.